The summed E-state index contributed by atoms with van der Waals surface area (Å²) in [5, 5.41) is 12.2. The van der Waals surface area contributed by atoms with Gasteiger partial charge in [-0.2, -0.15) is 0 Å². The molecule has 1 saturated carbocycles. The standard InChI is InChI=1S/C14H16N2O3/c17-13(18)12-8-9-4-1-2-7-11(9)16(12)14(19)15-10-5-3-6-10/h1-2,4,7,10,12H,3,5-6,8H2,(H,15,19)(H,17,18)/t12-/m0/s1. The predicted molar refractivity (Wildman–Crippen MR) is 70.2 cm³/mol. The number of para-hydroxylation sites is 1. The van der Waals surface area contributed by atoms with E-state index in [-0.39, 0.29) is 12.1 Å². The van der Waals surface area contributed by atoms with Crippen molar-refractivity contribution in [1.82, 2.24) is 5.32 Å². The maximum Gasteiger partial charge on any atom is 0.327 e. The van der Waals surface area contributed by atoms with Crippen molar-refractivity contribution < 1.29 is 14.7 Å². The summed E-state index contributed by atoms with van der Waals surface area (Å²) in [7, 11) is 0. The van der Waals surface area contributed by atoms with E-state index >= 15 is 0 Å². The number of benzene rings is 1. The second kappa shape index (κ2) is 4.57. The molecule has 1 aromatic rings. The van der Waals surface area contributed by atoms with Gasteiger partial charge in [-0.15, -0.1) is 0 Å². The summed E-state index contributed by atoms with van der Waals surface area (Å²) in [6.07, 6.45) is 3.48. The molecule has 100 valence electrons. The van der Waals surface area contributed by atoms with E-state index in [4.69, 9.17) is 0 Å². The van der Waals surface area contributed by atoms with Crippen LogP contribution in [0, 0.1) is 0 Å². The number of carboxylic acids is 1. The number of nitrogens with one attached hydrogen (secondary N) is 1. The van der Waals surface area contributed by atoms with Crippen LogP contribution in [0.25, 0.3) is 0 Å². The molecule has 1 atom stereocenters. The van der Waals surface area contributed by atoms with E-state index in [0.717, 1.165) is 24.8 Å². The summed E-state index contributed by atoms with van der Waals surface area (Å²) in [5.74, 6) is -0.958. The molecular weight excluding hydrogens is 244 g/mol. The zero-order valence-electron chi connectivity index (χ0n) is 10.5. The molecule has 0 unspecified atom stereocenters. The Balaban J connectivity index is 1.86. The van der Waals surface area contributed by atoms with E-state index in [1.54, 1.807) is 6.07 Å². The molecule has 0 radical (unpaired) electrons. The first kappa shape index (κ1) is 12.0. The normalized spacial score (nSPS) is 21.7. The van der Waals surface area contributed by atoms with E-state index in [2.05, 4.69) is 5.32 Å². The third kappa shape index (κ3) is 2.05. The van der Waals surface area contributed by atoms with Crippen molar-refractivity contribution in [2.45, 2.75) is 37.8 Å². The van der Waals surface area contributed by atoms with Gasteiger partial charge < -0.3 is 10.4 Å². The van der Waals surface area contributed by atoms with Gasteiger partial charge in [0.1, 0.15) is 6.04 Å². The third-order valence-corrected chi connectivity index (χ3v) is 3.91. The number of urea groups is 1. The lowest BCUT2D eigenvalue weighted by atomic mass is 9.93. The first-order chi connectivity index (χ1) is 9.16. The van der Waals surface area contributed by atoms with E-state index in [9.17, 15) is 14.7 Å². The fourth-order valence-corrected chi connectivity index (χ4v) is 2.63. The summed E-state index contributed by atoms with van der Waals surface area (Å²) in [5.41, 5.74) is 1.63. The molecular formula is C14H16N2O3. The highest BCUT2D eigenvalue weighted by Crippen LogP contribution is 2.32. The lowest BCUT2D eigenvalue weighted by molar-refractivity contribution is -0.138. The van der Waals surface area contributed by atoms with Gasteiger partial charge in [-0.1, -0.05) is 18.2 Å². The Hall–Kier alpha value is -2.04. The van der Waals surface area contributed by atoms with Crippen LogP contribution in [-0.2, 0) is 11.2 Å². The zero-order valence-corrected chi connectivity index (χ0v) is 10.5. The van der Waals surface area contributed by atoms with Gasteiger partial charge >= 0.3 is 12.0 Å². The number of hydrogen-bond donors (Lipinski definition) is 2. The predicted octanol–water partition coefficient (Wildman–Crippen LogP) is 1.76. The lowest BCUT2D eigenvalue weighted by Gasteiger charge is -2.30. The quantitative estimate of drug-likeness (QED) is 0.851. The molecule has 2 amide bonds. The summed E-state index contributed by atoms with van der Waals surface area (Å²) in [6.45, 7) is 0. The van der Waals surface area contributed by atoms with E-state index < -0.39 is 12.0 Å². The van der Waals surface area contributed by atoms with Crippen molar-refractivity contribution in [2.24, 2.45) is 0 Å². The molecule has 5 nitrogen and oxygen atoms in total. The second-order valence-corrected chi connectivity index (χ2v) is 5.13. The Labute approximate surface area is 111 Å². The number of hydrogen-bond acceptors (Lipinski definition) is 2. The fourth-order valence-electron chi connectivity index (χ4n) is 2.63. The first-order valence-electron chi connectivity index (χ1n) is 6.57. The second-order valence-electron chi connectivity index (χ2n) is 5.13. The molecule has 19 heavy (non-hydrogen) atoms. The monoisotopic (exact) mass is 260 g/mol. The highest BCUT2D eigenvalue weighted by molar-refractivity contribution is 6.01. The first-order valence-corrected chi connectivity index (χ1v) is 6.57. The number of fused-ring (bicyclic) bond motifs is 1. The summed E-state index contributed by atoms with van der Waals surface area (Å²) >= 11 is 0. The average Bonchev–Trinajstić information content (AvgIpc) is 2.73. The Morgan fingerprint density at radius 3 is 2.63 bits per heavy atom. The number of amides is 2. The van der Waals surface area contributed by atoms with Gasteiger partial charge in [-0.05, 0) is 30.9 Å². The van der Waals surface area contributed by atoms with E-state index in [0.29, 0.717) is 12.1 Å². The molecule has 0 spiro atoms. The molecule has 2 N–H and O–H groups in total. The summed E-state index contributed by atoms with van der Waals surface area (Å²) in [4.78, 5) is 25.0. The molecule has 0 saturated heterocycles. The molecule has 1 fully saturated rings. The zero-order chi connectivity index (χ0) is 13.4. The topological polar surface area (TPSA) is 69.6 Å². The fraction of sp³-hybridized carbons (Fsp3) is 0.429. The summed E-state index contributed by atoms with van der Waals surface area (Å²) in [6, 6.07) is 6.49. The van der Waals surface area contributed by atoms with Crippen molar-refractivity contribution in [3.8, 4) is 0 Å². The lowest BCUT2D eigenvalue weighted by Crippen LogP contribution is -2.52. The van der Waals surface area contributed by atoms with Gasteiger partial charge in [0.05, 0.1) is 0 Å². The van der Waals surface area contributed by atoms with Crippen LogP contribution in [0.3, 0.4) is 0 Å². The molecule has 1 aliphatic carbocycles. The molecule has 5 heteroatoms. The van der Waals surface area contributed by atoms with Gasteiger partial charge in [0.2, 0.25) is 0 Å². The Bertz CT molecular complexity index is 525. The molecule has 3 rings (SSSR count). The van der Waals surface area contributed by atoms with Crippen molar-refractivity contribution >= 4 is 17.7 Å². The Morgan fingerprint density at radius 1 is 1.26 bits per heavy atom. The van der Waals surface area contributed by atoms with Crippen LogP contribution in [0.5, 0.6) is 0 Å². The number of nitrogens with zero attached hydrogens (tertiary/aromatic N) is 1. The van der Waals surface area contributed by atoms with E-state index in [1.807, 2.05) is 18.2 Å². The van der Waals surface area contributed by atoms with Gasteiger partial charge in [0, 0.05) is 18.2 Å². The molecule has 1 aromatic carbocycles. The minimum Gasteiger partial charge on any atom is -0.480 e. The number of carbonyl (C=O) groups excluding carboxylic acids is 1. The van der Waals surface area contributed by atoms with Crippen molar-refractivity contribution in [2.75, 3.05) is 4.90 Å². The number of rotatable bonds is 2. The molecule has 0 aromatic heterocycles. The molecule has 0 bridgehead atoms. The highest BCUT2D eigenvalue weighted by Gasteiger charge is 2.39. The molecule has 1 aliphatic heterocycles. The Morgan fingerprint density at radius 2 is 2.00 bits per heavy atom. The minimum absolute atomic E-state index is 0.203. The SMILES string of the molecule is O=C(O)[C@@H]1Cc2ccccc2N1C(=O)NC1CCC1. The minimum atomic E-state index is -0.958. The van der Waals surface area contributed by atoms with Gasteiger partial charge in [-0.25, -0.2) is 9.59 Å². The van der Waals surface area contributed by atoms with Crippen LogP contribution in [0.15, 0.2) is 24.3 Å². The number of aliphatic carboxylic acids is 1. The number of carboxylic acid groups (broad SMARTS) is 1. The van der Waals surface area contributed by atoms with Gasteiger partial charge in [-0.3, -0.25) is 4.90 Å². The average molecular weight is 260 g/mol. The van der Waals surface area contributed by atoms with E-state index in [1.165, 1.54) is 4.90 Å². The third-order valence-electron chi connectivity index (χ3n) is 3.91. The number of anilines is 1. The van der Waals surface area contributed by atoms with Crippen molar-refractivity contribution in [3.63, 3.8) is 0 Å². The van der Waals surface area contributed by atoms with Crippen LogP contribution >= 0.6 is 0 Å². The highest BCUT2D eigenvalue weighted by atomic mass is 16.4. The van der Waals surface area contributed by atoms with Gasteiger partial charge in [0.15, 0.2) is 0 Å². The van der Waals surface area contributed by atoms with Crippen molar-refractivity contribution in [1.29, 1.82) is 0 Å². The molecule has 1 heterocycles. The van der Waals surface area contributed by atoms with Crippen LogP contribution in [-0.4, -0.2) is 29.2 Å². The maximum atomic E-state index is 12.3. The Kier molecular flexibility index (Phi) is 2.89. The van der Waals surface area contributed by atoms with Crippen molar-refractivity contribution in [3.05, 3.63) is 29.8 Å². The van der Waals surface area contributed by atoms with Crippen LogP contribution < -0.4 is 10.2 Å². The summed E-state index contributed by atoms with van der Waals surface area (Å²) < 4.78 is 0. The van der Waals surface area contributed by atoms with Crippen LogP contribution in [0.2, 0.25) is 0 Å². The van der Waals surface area contributed by atoms with Crippen LogP contribution in [0.1, 0.15) is 24.8 Å². The van der Waals surface area contributed by atoms with Crippen LogP contribution in [0.4, 0.5) is 10.5 Å². The number of carbonyl (C=O) groups is 2. The maximum absolute atomic E-state index is 12.3. The van der Waals surface area contributed by atoms with Gasteiger partial charge in [0.25, 0.3) is 0 Å². The smallest absolute Gasteiger partial charge is 0.327 e. The molecule has 2 aliphatic rings. The largest absolute Gasteiger partial charge is 0.480 e.